The first kappa shape index (κ1) is 26.4. The molecule has 0 amide bonds. The molecule has 2 fully saturated rings. The van der Waals surface area contributed by atoms with Crippen LogP contribution in [-0.4, -0.2) is 38.9 Å². The lowest BCUT2D eigenvalue weighted by molar-refractivity contribution is -0.137. The van der Waals surface area contributed by atoms with Gasteiger partial charge in [-0.1, -0.05) is 52.7 Å². The van der Waals surface area contributed by atoms with Crippen LogP contribution >= 0.6 is 0 Å². The lowest BCUT2D eigenvalue weighted by Crippen LogP contribution is -2.55. The molecule has 34 heavy (non-hydrogen) atoms. The minimum absolute atomic E-state index is 0.0240. The zero-order valence-corrected chi connectivity index (χ0v) is 23.0. The molecule has 0 aromatic carbocycles. The average molecular weight is 475 g/mol. The summed E-state index contributed by atoms with van der Waals surface area (Å²) < 4.78 is 0. The molecule has 4 rings (SSSR count). The monoisotopic (exact) mass is 474 g/mol. The fraction of sp³-hybridized carbons (Fsp3) is 0.900. The Morgan fingerprint density at radius 1 is 1.00 bits per heavy atom. The number of fused-ring (bicyclic) bond motifs is 4. The normalized spacial score (nSPS) is 43.6. The van der Waals surface area contributed by atoms with Gasteiger partial charge in [-0.3, -0.25) is 4.79 Å². The van der Waals surface area contributed by atoms with Crippen LogP contribution < -0.4 is 0 Å². The van der Waals surface area contributed by atoms with Crippen molar-refractivity contribution in [3.05, 3.63) is 11.1 Å². The Balaban J connectivity index is 1.64. The van der Waals surface area contributed by atoms with Gasteiger partial charge >= 0.3 is 0 Å². The smallest absolute Gasteiger partial charge is 0.166 e. The Morgan fingerprint density at radius 3 is 2.26 bits per heavy atom. The zero-order valence-electron chi connectivity index (χ0n) is 23.0. The van der Waals surface area contributed by atoms with Gasteiger partial charge in [-0.2, -0.15) is 0 Å². The maximum absolute atomic E-state index is 12.4. The van der Waals surface area contributed by atoms with Crippen LogP contribution in [0.2, 0.25) is 0 Å². The molecule has 8 atom stereocenters. The van der Waals surface area contributed by atoms with Crippen LogP contribution in [0.1, 0.15) is 113 Å². The van der Waals surface area contributed by atoms with Crippen LogP contribution in [0.4, 0.5) is 0 Å². The van der Waals surface area contributed by atoms with Crippen molar-refractivity contribution in [2.24, 2.45) is 39.4 Å². The number of hydrogen-bond donors (Lipinski definition) is 3. The van der Waals surface area contributed by atoms with Gasteiger partial charge in [-0.25, -0.2) is 0 Å². The first-order valence-corrected chi connectivity index (χ1v) is 13.8. The molecule has 4 heteroatoms. The van der Waals surface area contributed by atoms with Crippen molar-refractivity contribution in [1.29, 1.82) is 0 Å². The maximum atomic E-state index is 12.4. The van der Waals surface area contributed by atoms with Gasteiger partial charge in [0.25, 0.3) is 0 Å². The second kappa shape index (κ2) is 8.15. The molecule has 0 heterocycles. The van der Waals surface area contributed by atoms with E-state index in [1.807, 2.05) is 0 Å². The fourth-order valence-electron chi connectivity index (χ4n) is 9.45. The van der Waals surface area contributed by atoms with Gasteiger partial charge in [-0.05, 0) is 105 Å². The van der Waals surface area contributed by atoms with Crippen molar-refractivity contribution in [2.45, 2.75) is 131 Å². The Morgan fingerprint density at radius 2 is 1.65 bits per heavy atom. The molecule has 4 nitrogen and oxygen atoms in total. The summed E-state index contributed by atoms with van der Waals surface area (Å²) in [5.74, 6) is 0.642. The van der Waals surface area contributed by atoms with Crippen LogP contribution in [-0.2, 0) is 4.79 Å². The Hall–Kier alpha value is -0.710. The van der Waals surface area contributed by atoms with Crippen LogP contribution in [0.25, 0.3) is 0 Å². The van der Waals surface area contributed by atoms with Crippen LogP contribution in [0, 0.1) is 39.4 Å². The SMILES string of the molecule is C[C@@H]([C@H]1CC[C@@]2(C)C3=C(CC[C@]12C)[C@@]1(C)CC[C@H](O)C(C)(C)C1CC3)[C@@H](O)CC(=O)C(C)(C)O. The molecule has 1 unspecified atom stereocenters. The average Bonchev–Trinajstić information content (AvgIpc) is 3.01. The van der Waals surface area contributed by atoms with Crippen LogP contribution in [0.15, 0.2) is 11.1 Å². The minimum Gasteiger partial charge on any atom is -0.393 e. The summed E-state index contributed by atoms with van der Waals surface area (Å²) in [7, 11) is 0. The highest BCUT2D eigenvalue weighted by atomic mass is 16.3. The largest absolute Gasteiger partial charge is 0.393 e. The number of aliphatic hydroxyl groups is 3. The van der Waals surface area contributed by atoms with Crippen LogP contribution in [0.5, 0.6) is 0 Å². The van der Waals surface area contributed by atoms with Gasteiger partial charge < -0.3 is 15.3 Å². The second-order valence-corrected chi connectivity index (χ2v) is 14.3. The third-order valence-corrected chi connectivity index (χ3v) is 12.1. The molecule has 4 aliphatic carbocycles. The van der Waals surface area contributed by atoms with Gasteiger partial charge in [0.2, 0.25) is 0 Å². The van der Waals surface area contributed by atoms with Crippen molar-refractivity contribution >= 4 is 5.78 Å². The fourth-order valence-corrected chi connectivity index (χ4v) is 9.45. The summed E-state index contributed by atoms with van der Waals surface area (Å²) in [4.78, 5) is 12.4. The van der Waals surface area contributed by atoms with Crippen molar-refractivity contribution in [1.82, 2.24) is 0 Å². The van der Waals surface area contributed by atoms with Gasteiger partial charge in [0.1, 0.15) is 5.60 Å². The first-order valence-electron chi connectivity index (χ1n) is 13.8. The molecule has 0 saturated heterocycles. The lowest BCUT2D eigenvalue weighted by Gasteiger charge is -2.62. The molecule has 0 aromatic heterocycles. The van der Waals surface area contributed by atoms with E-state index in [0.29, 0.717) is 11.8 Å². The summed E-state index contributed by atoms with van der Waals surface area (Å²) in [6, 6.07) is 0. The number of carbonyl (C=O) groups is 1. The van der Waals surface area contributed by atoms with Crippen molar-refractivity contribution < 1.29 is 20.1 Å². The lowest BCUT2D eigenvalue weighted by atomic mass is 9.43. The predicted octanol–water partition coefficient (Wildman–Crippen LogP) is 5.82. The number of carbonyl (C=O) groups excluding carboxylic acids is 1. The highest BCUT2D eigenvalue weighted by Crippen LogP contribution is 2.72. The topological polar surface area (TPSA) is 77.8 Å². The number of aliphatic hydroxyl groups excluding tert-OH is 2. The molecule has 0 spiro atoms. The highest BCUT2D eigenvalue weighted by molar-refractivity contribution is 5.86. The van der Waals surface area contributed by atoms with Crippen LogP contribution in [0.3, 0.4) is 0 Å². The molecule has 4 aliphatic rings. The van der Waals surface area contributed by atoms with E-state index in [0.717, 1.165) is 51.4 Å². The van der Waals surface area contributed by atoms with Gasteiger partial charge in [0, 0.05) is 6.42 Å². The minimum atomic E-state index is -1.39. The standard InChI is InChI=1S/C30H50O4/c1-18(22(31)17-25(33)27(4,5)34)19-11-15-30(8)21-9-10-23-26(2,3)24(32)13-14-28(23,6)20(21)12-16-29(19,30)7/h18-19,22-24,31-32,34H,9-17H2,1-8H3/t18-,19+,22-,23?,24-,28+,29+,30-/m0/s1. The second-order valence-electron chi connectivity index (χ2n) is 14.3. The maximum Gasteiger partial charge on any atom is 0.166 e. The Labute approximate surface area is 207 Å². The van der Waals surface area contributed by atoms with E-state index in [9.17, 15) is 20.1 Å². The molecule has 0 aromatic rings. The summed E-state index contributed by atoms with van der Waals surface area (Å²) in [5, 5.41) is 31.9. The van der Waals surface area contributed by atoms with E-state index in [4.69, 9.17) is 0 Å². The van der Waals surface area contributed by atoms with E-state index in [-0.39, 0.29) is 45.9 Å². The molecule has 0 radical (unpaired) electrons. The van der Waals surface area contributed by atoms with E-state index < -0.39 is 11.7 Å². The van der Waals surface area contributed by atoms with Crippen molar-refractivity contribution in [2.75, 3.05) is 0 Å². The zero-order chi connectivity index (χ0) is 25.5. The number of ketones is 1. The molecular formula is C30H50O4. The molecule has 0 bridgehead atoms. The Bertz CT molecular complexity index is 866. The summed E-state index contributed by atoms with van der Waals surface area (Å²) >= 11 is 0. The predicted molar refractivity (Wildman–Crippen MR) is 136 cm³/mol. The number of allylic oxidation sites excluding steroid dienone is 2. The van der Waals surface area contributed by atoms with E-state index in [1.165, 1.54) is 13.8 Å². The van der Waals surface area contributed by atoms with Crippen molar-refractivity contribution in [3.8, 4) is 0 Å². The van der Waals surface area contributed by atoms with Gasteiger partial charge in [0.05, 0.1) is 12.2 Å². The first-order chi connectivity index (χ1) is 15.5. The number of rotatable bonds is 5. The molecule has 2 saturated carbocycles. The summed E-state index contributed by atoms with van der Waals surface area (Å²) in [6.45, 7) is 17.2. The summed E-state index contributed by atoms with van der Waals surface area (Å²) in [6.07, 6.45) is 7.88. The molecule has 0 aliphatic heterocycles. The molecule has 3 N–H and O–H groups in total. The van der Waals surface area contributed by atoms with Gasteiger partial charge in [0.15, 0.2) is 5.78 Å². The molecular weight excluding hydrogens is 424 g/mol. The number of hydrogen-bond acceptors (Lipinski definition) is 4. The van der Waals surface area contributed by atoms with E-state index in [2.05, 4.69) is 41.5 Å². The quantitative estimate of drug-likeness (QED) is 0.439. The highest BCUT2D eigenvalue weighted by Gasteiger charge is 2.63. The Kier molecular flexibility index (Phi) is 6.32. The van der Waals surface area contributed by atoms with Crippen molar-refractivity contribution in [3.63, 3.8) is 0 Å². The van der Waals surface area contributed by atoms with E-state index >= 15 is 0 Å². The van der Waals surface area contributed by atoms with Gasteiger partial charge in [-0.15, -0.1) is 0 Å². The third kappa shape index (κ3) is 3.60. The summed E-state index contributed by atoms with van der Waals surface area (Å²) in [5.41, 5.74) is 2.39. The van der Waals surface area contributed by atoms with E-state index in [1.54, 1.807) is 11.1 Å². The number of Topliss-reactive ketones (excluding diaryl/α,β-unsaturated/α-hetero) is 1. The molecule has 194 valence electrons. The third-order valence-electron chi connectivity index (χ3n) is 12.1.